The highest BCUT2D eigenvalue weighted by atomic mass is 79.9. The van der Waals surface area contributed by atoms with Crippen molar-refractivity contribution in [2.24, 2.45) is 5.41 Å². The molecule has 30 heavy (non-hydrogen) atoms. The molecule has 1 aliphatic carbocycles. The van der Waals surface area contributed by atoms with Gasteiger partial charge in [-0.2, -0.15) is 0 Å². The van der Waals surface area contributed by atoms with Crippen molar-refractivity contribution in [1.82, 2.24) is 5.32 Å². The lowest BCUT2D eigenvalue weighted by Gasteiger charge is -2.35. The van der Waals surface area contributed by atoms with Gasteiger partial charge in [-0.15, -0.1) is 0 Å². The van der Waals surface area contributed by atoms with Crippen LogP contribution in [0.5, 0.6) is 11.5 Å². The summed E-state index contributed by atoms with van der Waals surface area (Å²) in [5, 5.41) is 2.77. The zero-order chi connectivity index (χ0) is 22.4. The number of methoxy groups -OCH3 is 2. The maximum atomic E-state index is 12.1. The molecule has 1 saturated carbocycles. The molecule has 0 radical (unpaired) electrons. The van der Waals surface area contributed by atoms with Crippen LogP contribution in [0.3, 0.4) is 0 Å². The summed E-state index contributed by atoms with van der Waals surface area (Å²) in [6.45, 7) is 5.40. The summed E-state index contributed by atoms with van der Waals surface area (Å²) >= 11 is 3.43. The summed E-state index contributed by atoms with van der Waals surface area (Å²) in [5.41, 5.74) is 0.657. The number of nitrogens with one attached hydrogen (secondary N) is 1. The van der Waals surface area contributed by atoms with Crippen molar-refractivity contribution in [1.29, 1.82) is 0 Å². The first kappa shape index (κ1) is 26.1. The number of benzene rings is 1. The van der Waals surface area contributed by atoms with E-state index in [4.69, 9.17) is 18.9 Å². The first-order valence-electron chi connectivity index (χ1n) is 10.4. The molecule has 0 heterocycles. The standard InChI is InChI=1S/C20H28BrNO6.C2H6/c1-25-17-11-16(21)18(26-2)10-15(17)6-9-22-19(24)28-13-20(12-27-14-23)7-4-3-5-8-20;1-2/h10-11,14H,3-9,12-13H2,1-2H3,(H,22,24);1-2H3. The lowest BCUT2D eigenvalue weighted by Crippen LogP contribution is -2.37. The molecule has 0 atom stereocenters. The van der Waals surface area contributed by atoms with Crippen LogP contribution >= 0.6 is 15.9 Å². The third-order valence-corrected chi connectivity index (χ3v) is 5.72. The summed E-state index contributed by atoms with van der Waals surface area (Å²) in [6.07, 6.45) is 5.15. The van der Waals surface area contributed by atoms with Crippen molar-refractivity contribution in [3.63, 3.8) is 0 Å². The number of hydrogen-bond donors (Lipinski definition) is 1. The van der Waals surface area contributed by atoms with Gasteiger partial charge in [-0.3, -0.25) is 4.79 Å². The van der Waals surface area contributed by atoms with Gasteiger partial charge >= 0.3 is 6.09 Å². The minimum Gasteiger partial charge on any atom is -0.496 e. The molecule has 1 amide bonds. The Balaban J connectivity index is 0.00000218. The van der Waals surface area contributed by atoms with Gasteiger partial charge in [0, 0.05) is 12.0 Å². The molecule has 0 aromatic heterocycles. The van der Waals surface area contributed by atoms with Gasteiger partial charge in [-0.1, -0.05) is 33.1 Å². The van der Waals surface area contributed by atoms with Gasteiger partial charge in [0.05, 0.1) is 25.3 Å². The van der Waals surface area contributed by atoms with Gasteiger partial charge in [0.25, 0.3) is 6.47 Å². The van der Waals surface area contributed by atoms with E-state index in [0.29, 0.717) is 31.8 Å². The highest BCUT2D eigenvalue weighted by Crippen LogP contribution is 2.37. The second kappa shape index (κ2) is 14.1. The third kappa shape index (κ3) is 8.05. The Morgan fingerprint density at radius 1 is 1.10 bits per heavy atom. The fourth-order valence-electron chi connectivity index (χ4n) is 3.53. The van der Waals surface area contributed by atoms with Crippen LogP contribution in [0.15, 0.2) is 16.6 Å². The Bertz CT molecular complexity index is 661. The van der Waals surface area contributed by atoms with Crippen LogP contribution < -0.4 is 14.8 Å². The lowest BCUT2D eigenvalue weighted by molar-refractivity contribution is -0.134. The quantitative estimate of drug-likeness (QED) is 0.473. The molecule has 0 saturated heterocycles. The molecule has 2 rings (SSSR count). The molecule has 1 aromatic rings. The van der Waals surface area contributed by atoms with Crippen LogP contribution in [0.1, 0.15) is 51.5 Å². The molecule has 170 valence electrons. The molecule has 7 nitrogen and oxygen atoms in total. The molecule has 0 bridgehead atoms. The van der Waals surface area contributed by atoms with Gasteiger partial charge in [0.1, 0.15) is 18.1 Å². The number of alkyl carbamates (subject to hydrolysis) is 1. The van der Waals surface area contributed by atoms with E-state index in [0.717, 1.165) is 47.9 Å². The zero-order valence-electron chi connectivity index (χ0n) is 18.4. The van der Waals surface area contributed by atoms with Crippen LogP contribution in [0, 0.1) is 5.41 Å². The fraction of sp³-hybridized carbons (Fsp3) is 0.636. The number of amides is 1. The predicted molar refractivity (Wildman–Crippen MR) is 119 cm³/mol. The van der Waals surface area contributed by atoms with Crippen molar-refractivity contribution in [2.45, 2.75) is 52.4 Å². The maximum absolute atomic E-state index is 12.1. The van der Waals surface area contributed by atoms with Crippen molar-refractivity contribution in [3.05, 3.63) is 22.2 Å². The number of halogens is 1. The van der Waals surface area contributed by atoms with E-state index in [-0.39, 0.29) is 12.0 Å². The van der Waals surface area contributed by atoms with Crippen LogP contribution in [0.25, 0.3) is 0 Å². The molecule has 0 spiro atoms. The topological polar surface area (TPSA) is 83.1 Å². The first-order chi connectivity index (χ1) is 14.5. The van der Waals surface area contributed by atoms with E-state index in [1.54, 1.807) is 14.2 Å². The largest absolute Gasteiger partial charge is 0.496 e. The van der Waals surface area contributed by atoms with Gasteiger partial charge in [-0.05, 0) is 52.9 Å². The van der Waals surface area contributed by atoms with Gasteiger partial charge in [0.15, 0.2) is 0 Å². The van der Waals surface area contributed by atoms with Crippen molar-refractivity contribution < 1.29 is 28.5 Å². The van der Waals surface area contributed by atoms with E-state index < -0.39 is 6.09 Å². The van der Waals surface area contributed by atoms with Crippen LogP contribution in [-0.2, 0) is 20.7 Å². The number of carbonyl (C=O) groups excluding carboxylic acids is 2. The number of rotatable bonds is 10. The SMILES string of the molecule is CC.COc1cc(CCNC(=O)OCC2(COC=O)CCCCC2)c(OC)cc1Br. The highest BCUT2D eigenvalue weighted by Gasteiger charge is 2.34. The van der Waals surface area contributed by atoms with Gasteiger partial charge in [-0.25, -0.2) is 4.79 Å². The molecule has 0 unspecified atom stereocenters. The number of carbonyl (C=O) groups is 2. The molecule has 1 aromatic carbocycles. The van der Waals surface area contributed by atoms with E-state index in [1.807, 2.05) is 26.0 Å². The summed E-state index contributed by atoms with van der Waals surface area (Å²) < 4.78 is 21.9. The minimum atomic E-state index is -0.473. The Hall–Kier alpha value is -1.96. The molecule has 1 aliphatic rings. The minimum absolute atomic E-state index is 0.252. The summed E-state index contributed by atoms with van der Waals surface area (Å²) in [5.74, 6) is 1.42. The molecular formula is C22H34BrNO6. The first-order valence-corrected chi connectivity index (χ1v) is 11.2. The zero-order valence-corrected chi connectivity index (χ0v) is 20.0. The predicted octanol–water partition coefficient (Wildman–Crippen LogP) is 4.88. The number of ether oxygens (including phenoxy) is 4. The average Bonchev–Trinajstić information content (AvgIpc) is 2.79. The Morgan fingerprint density at radius 3 is 2.37 bits per heavy atom. The van der Waals surface area contributed by atoms with Crippen molar-refractivity contribution in [3.8, 4) is 11.5 Å². The molecule has 1 N–H and O–H groups in total. The third-order valence-electron chi connectivity index (χ3n) is 5.10. The van der Waals surface area contributed by atoms with Gasteiger partial charge in [0.2, 0.25) is 0 Å². The summed E-state index contributed by atoms with van der Waals surface area (Å²) in [4.78, 5) is 22.7. The van der Waals surface area contributed by atoms with E-state index in [1.165, 1.54) is 0 Å². The lowest BCUT2D eigenvalue weighted by atomic mass is 9.75. The molecule has 1 fully saturated rings. The monoisotopic (exact) mass is 487 g/mol. The Morgan fingerprint density at radius 2 is 1.77 bits per heavy atom. The summed E-state index contributed by atoms with van der Waals surface area (Å²) in [6, 6.07) is 3.72. The number of hydrogen-bond acceptors (Lipinski definition) is 6. The van der Waals surface area contributed by atoms with Gasteiger partial charge < -0.3 is 24.3 Å². The molecule has 8 heteroatoms. The second-order valence-corrected chi connectivity index (χ2v) is 7.87. The van der Waals surface area contributed by atoms with E-state index in [9.17, 15) is 9.59 Å². The van der Waals surface area contributed by atoms with Crippen LogP contribution in [0.2, 0.25) is 0 Å². The van der Waals surface area contributed by atoms with Crippen molar-refractivity contribution in [2.75, 3.05) is 34.0 Å². The fourth-order valence-corrected chi connectivity index (χ4v) is 4.02. The highest BCUT2D eigenvalue weighted by molar-refractivity contribution is 9.10. The van der Waals surface area contributed by atoms with Crippen LogP contribution in [0.4, 0.5) is 4.79 Å². The Kier molecular flexibility index (Phi) is 12.3. The van der Waals surface area contributed by atoms with E-state index >= 15 is 0 Å². The smallest absolute Gasteiger partial charge is 0.407 e. The molecule has 0 aliphatic heterocycles. The maximum Gasteiger partial charge on any atom is 0.407 e. The summed E-state index contributed by atoms with van der Waals surface area (Å²) in [7, 11) is 3.20. The normalized spacial score (nSPS) is 14.6. The van der Waals surface area contributed by atoms with Crippen LogP contribution in [-0.4, -0.2) is 46.5 Å². The molecular weight excluding hydrogens is 454 g/mol. The van der Waals surface area contributed by atoms with E-state index in [2.05, 4.69) is 21.2 Å². The van der Waals surface area contributed by atoms with Crippen molar-refractivity contribution >= 4 is 28.5 Å². The Labute approximate surface area is 187 Å². The second-order valence-electron chi connectivity index (χ2n) is 7.02. The average molecular weight is 488 g/mol.